The van der Waals surface area contributed by atoms with Gasteiger partial charge in [0.1, 0.15) is 10.7 Å². The Hall–Kier alpha value is -1.58. The topological polar surface area (TPSA) is 95.4 Å². The first-order valence-corrected chi connectivity index (χ1v) is 3.08. The molecule has 0 spiro atoms. The first kappa shape index (κ1) is 7.53. The summed E-state index contributed by atoms with van der Waals surface area (Å²) < 4.78 is 0. The Morgan fingerprint density at radius 2 is 1.45 bits per heavy atom. The molecule has 0 saturated carbocycles. The lowest BCUT2D eigenvalue weighted by Gasteiger charge is -1.89. The van der Waals surface area contributed by atoms with Gasteiger partial charge in [-0.3, -0.25) is 21.6 Å². The van der Waals surface area contributed by atoms with E-state index in [1.54, 1.807) is 6.92 Å². The normalized spacial score (nSPS) is 9.91. The maximum absolute atomic E-state index is 7.29. The Morgan fingerprint density at radius 3 is 2.00 bits per heavy atom. The number of benzene rings is 1. The van der Waals surface area contributed by atoms with E-state index in [0.29, 0.717) is 5.56 Å². The summed E-state index contributed by atoms with van der Waals surface area (Å²) in [5.41, 5.74) is 0.580. The highest BCUT2D eigenvalue weighted by Crippen LogP contribution is 1.71. The average molecular weight is 148 g/mol. The minimum Gasteiger partial charge on any atom is -0.299 e. The van der Waals surface area contributed by atoms with E-state index < -0.39 is 0 Å². The zero-order chi connectivity index (χ0) is 8.59. The maximum atomic E-state index is 7.29. The van der Waals surface area contributed by atoms with Crippen LogP contribution in [0.25, 0.3) is 0 Å². The van der Waals surface area contributed by atoms with Gasteiger partial charge in [0.15, 0.2) is 0 Å². The third-order valence-corrected chi connectivity index (χ3v) is 1.52. The second-order valence-electron chi connectivity index (χ2n) is 2.37. The van der Waals surface area contributed by atoms with Crippen LogP contribution in [0, 0.1) is 28.6 Å². The van der Waals surface area contributed by atoms with Crippen molar-refractivity contribution in [2.45, 2.75) is 6.92 Å². The molecule has 11 heavy (non-hydrogen) atoms. The molecule has 0 atom stereocenters. The minimum absolute atomic E-state index is 0.0171. The number of hydrogen-bond acceptors (Lipinski definition) is 4. The Bertz CT molecular complexity index is 477. The van der Waals surface area contributed by atoms with E-state index in [2.05, 4.69) is 0 Å². The van der Waals surface area contributed by atoms with Crippen LogP contribution in [-0.2, 0) is 0 Å². The van der Waals surface area contributed by atoms with Gasteiger partial charge in [-0.05, 0) is 18.6 Å². The molecule has 4 N–H and O–H groups in total. The molecule has 0 amide bonds. The summed E-state index contributed by atoms with van der Waals surface area (Å²) in [5, 5.41) is 28.7. The van der Waals surface area contributed by atoms with Crippen LogP contribution < -0.4 is 21.4 Å². The van der Waals surface area contributed by atoms with Gasteiger partial charge in [-0.15, -0.1) is 0 Å². The van der Waals surface area contributed by atoms with E-state index in [0.717, 1.165) is 0 Å². The molecule has 0 saturated heterocycles. The Balaban J connectivity index is 4.06. The summed E-state index contributed by atoms with van der Waals surface area (Å²) in [7, 11) is 0. The van der Waals surface area contributed by atoms with Crippen molar-refractivity contribution in [3.63, 3.8) is 0 Å². The van der Waals surface area contributed by atoms with Crippen molar-refractivity contribution >= 4 is 0 Å². The van der Waals surface area contributed by atoms with E-state index in [-0.39, 0.29) is 21.4 Å². The van der Waals surface area contributed by atoms with E-state index in [1.807, 2.05) is 0 Å². The molecule has 0 bridgehead atoms. The lowest BCUT2D eigenvalue weighted by atomic mass is 10.2. The fraction of sp³-hybridized carbons (Fsp3) is 0.143. The molecule has 0 unspecified atom stereocenters. The van der Waals surface area contributed by atoms with Gasteiger partial charge in [0, 0.05) is 0 Å². The van der Waals surface area contributed by atoms with Crippen molar-refractivity contribution in [1.29, 1.82) is 21.6 Å². The van der Waals surface area contributed by atoms with E-state index >= 15 is 0 Å². The van der Waals surface area contributed by atoms with Crippen LogP contribution in [0.4, 0.5) is 0 Å². The van der Waals surface area contributed by atoms with Crippen LogP contribution in [0.15, 0.2) is 6.07 Å². The zero-order valence-corrected chi connectivity index (χ0v) is 6.08. The SMILES string of the molecule is Cc1cc(=N)c(=N)c(=N)c1=N. The Kier molecular flexibility index (Phi) is 1.53. The molecular weight excluding hydrogens is 140 g/mol. The molecule has 1 aromatic carbocycles. The molecule has 0 aliphatic rings. The van der Waals surface area contributed by atoms with E-state index in [4.69, 9.17) is 21.6 Å². The summed E-state index contributed by atoms with van der Waals surface area (Å²) >= 11 is 0. The fourth-order valence-electron chi connectivity index (χ4n) is 0.818. The van der Waals surface area contributed by atoms with Gasteiger partial charge in [-0.2, -0.15) is 0 Å². The van der Waals surface area contributed by atoms with E-state index in [1.165, 1.54) is 6.07 Å². The third kappa shape index (κ3) is 1.02. The molecule has 0 aromatic heterocycles. The van der Waals surface area contributed by atoms with Gasteiger partial charge in [-0.1, -0.05) is 0 Å². The standard InChI is InChI=1S/C7H8N4/c1-3-2-4(8)6(10)7(11)5(3)9/h2,8-11H,1H3. The largest absolute Gasteiger partial charge is 0.299 e. The summed E-state index contributed by atoms with van der Waals surface area (Å²) in [5.74, 6) is 0. The summed E-state index contributed by atoms with van der Waals surface area (Å²) in [4.78, 5) is 0. The van der Waals surface area contributed by atoms with Gasteiger partial charge in [0.2, 0.25) is 0 Å². The van der Waals surface area contributed by atoms with Gasteiger partial charge >= 0.3 is 0 Å². The summed E-state index contributed by atoms with van der Waals surface area (Å²) in [6.45, 7) is 1.66. The summed E-state index contributed by atoms with van der Waals surface area (Å²) in [6.07, 6.45) is 0. The number of aryl methyl sites for hydroxylation is 1. The van der Waals surface area contributed by atoms with Crippen molar-refractivity contribution in [2.75, 3.05) is 0 Å². The Morgan fingerprint density at radius 1 is 0.909 bits per heavy atom. The lowest BCUT2D eigenvalue weighted by molar-refractivity contribution is 0.986. The predicted octanol–water partition coefficient (Wildman–Crippen LogP) is -1.21. The summed E-state index contributed by atoms with van der Waals surface area (Å²) in [6, 6.07) is 1.43. The quantitative estimate of drug-likeness (QED) is 0.355. The number of hydrogen-bond donors (Lipinski definition) is 4. The molecule has 4 nitrogen and oxygen atoms in total. The molecule has 0 radical (unpaired) electrons. The number of nitrogens with one attached hydrogen (secondary N) is 4. The first-order valence-electron chi connectivity index (χ1n) is 3.08. The van der Waals surface area contributed by atoms with Crippen molar-refractivity contribution < 1.29 is 0 Å². The molecule has 0 aliphatic heterocycles. The smallest absolute Gasteiger partial charge is 0.106 e. The van der Waals surface area contributed by atoms with Crippen LogP contribution in [-0.4, -0.2) is 0 Å². The van der Waals surface area contributed by atoms with Crippen molar-refractivity contribution in [3.8, 4) is 0 Å². The highest BCUT2D eigenvalue weighted by atomic mass is 14.5. The molecule has 4 heteroatoms. The van der Waals surface area contributed by atoms with Crippen LogP contribution in [0.3, 0.4) is 0 Å². The highest BCUT2D eigenvalue weighted by molar-refractivity contribution is 5.08. The molecule has 0 heterocycles. The second kappa shape index (κ2) is 2.23. The molecule has 56 valence electrons. The Labute approximate surface area is 62.5 Å². The highest BCUT2D eigenvalue weighted by Gasteiger charge is 1.94. The van der Waals surface area contributed by atoms with Crippen molar-refractivity contribution in [2.24, 2.45) is 0 Å². The van der Waals surface area contributed by atoms with Crippen LogP contribution in [0.1, 0.15) is 5.56 Å². The van der Waals surface area contributed by atoms with Crippen LogP contribution in [0.5, 0.6) is 0 Å². The van der Waals surface area contributed by atoms with Gasteiger partial charge in [0.25, 0.3) is 0 Å². The van der Waals surface area contributed by atoms with Gasteiger partial charge in [-0.25, -0.2) is 0 Å². The van der Waals surface area contributed by atoms with Crippen LogP contribution >= 0.6 is 0 Å². The van der Waals surface area contributed by atoms with Gasteiger partial charge < -0.3 is 0 Å². The van der Waals surface area contributed by atoms with Crippen molar-refractivity contribution in [1.82, 2.24) is 0 Å². The number of rotatable bonds is 0. The predicted molar refractivity (Wildman–Crippen MR) is 37.0 cm³/mol. The second-order valence-corrected chi connectivity index (χ2v) is 2.37. The fourth-order valence-corrected chi connectivity index (χ4v) is 0.818. The zero-order valence-electron chi connectivity index (χ0n) is 6.08. The van der Waals surface area contributed by atoms with Crippen LogP contribution in [0.2, 0.25) is 0 Å². The van der Waals surface area contributed by atoms with Gasteiger partial charge in [0.05, 0.1) is 10.7 Å². The monoisotopic (exact) mass is 148 g/mol. The maximum Gasteiger partial charge on any atom is 0.106 e. The lowest BCUT2D eigenvalue weighted by Crippen LogP contribution is -2.47. The molecular formula is C7H8N4. The van der Waals surface area contributed by atoms with E-state index in [9.17, 15) is 0 Å². The van der Waals surface area contributed by atoms with Crippen molar-refractivity contribution in [3.05, 3.63) is 33.1 Å². The molecule has 0 fully saturated rings. The minimum atomic E-state index is -0.166. The third-order valence-electron chi connectivity index (χ3n) is 1.52. The molecule has 1 rings (SSSR count). The molecule has 0 aliphatic carbocycles. The first-order chi connectivity index (χ1) is 5.04. The molecule has 1 aromatic rings. The average Bonchev–Trinajstić information content (AvgIpc) is 1.97.